The van der Waals surface area contributed by atoms with E-state index in [0.717, 1.165) is 21.9 Å². The van der Waals surface area contributed by atoms with Gasteiger partial charge in [-0.3, -0.25) is 0 Å². The molecule has 9 atom stereocenters. The Morgan fingerprint density at radius 2 is 1.34 bits per heavy atom. The second-order valence-electron chi connectivity index (χ2n) is 12.5. The van der Waals surface area contributed by atoms with E-state index in [2.05, 4.69) is 4.98 Å². The Bertz CT molecular complexity index is 1840. The quantitative estimate of drug-likeness (QED) is 0.208. The maximum absolute atomic E-state index is 12.8. The summed E-state index contributed by atoms with van der Waals surface area (Å²) in [7, 11) is 4.68. The van der Waals surface area contributed by atoms with Crippen molar-refractivity contribution in [3.63, 3.8) is 0 Å². The van der Waals surface area contributed by atoms with Crippen LogP contribution < -0.4 is 18.9 Å². The van der Waals surface area contributed by atoms with Gasteiger partial charge in [0, 0.05) is 23.4 Å². The average Bonchev–Trinajstić information content (AvgIpc) is 3.77. The minimum Gasteiger partial charge on any atom is -0.493 e. The summed E-state index contributed by atoms with van der Waals surface area (Å²) in [6.07, 6.45) is -6.33. The van der Waals surface area contributed by atoms with Crippen LogP contribution in [0.3, 0.4) is 0 Å². The lowest BCUT2D eigenvalue weighted by atomic mass is 9.85. The van der Waals surface area contributed by atoms with Crippen molar-refractivity contribution in [2.45, 2.75) is 42.9 Å². The molecule has 3 aliphatic rings. The highest BCUT2D eigenvalue weighted by Crippen LogP contribution is 2.51. The summed E-state index contributed by atoms with van der Waals surface area (Å²) >= 11 is 0. The van der Waals surface area contributed by atoms with E-state index < -0.39 is 43.3 Å². The molecule has 264 valence electrons. The summed E-state index contributed by atoms with van der Waals surface area (Å²) in [6.45, 7) is 0.572. The smallest absolute Gasteiger partial charge is 0.357 e. The number of nitrogens with zero attached hydrogens (tertiary/aromatic N) is 1. The SMILES string of the molecule is COc1ccc([C@H]2OC[C@@H]3[C@H]2CO[C@@H]3c2ccc(O[C@@H]3O[C@@H](COC(=O)c4cc5ccccc5cn4)[C@H](O)[C@@H](O)[C@@H]3O)c(OC)c2)cc1OC. The van der Waals surface area contributed by atoms with Crippen LogP contribution in [0.4, 0.5) is 0 Å². The molecular formula is C37H39NO12. The first-order valence-electron chi connectivity index (χ1n) is 16.3. The van der Waals surface area contributed by atoms with Gasteiger partial charge in [0.2, 0.25) is 6.29 Å². The number of rotatable bonds is 10. The van der Waals surface area contributed by atoms with Crippen molar-refractivity contribution in [3.8, 4) is 23.0 Å². The number of ether oxygens (including phenoxy) is 8. The standard InChI is InChI=1S/C37H39NO12/c1-43-26-10-8-20(13-28(26)44-2)34-23-16-47-35(24(23)17-46-34)21-9-11-27(29(14-21)45-3)49-37-33(41)32(40)31(39)30(50-37)18-48-36(42)25-12-19-6-4-5-7-22(19)15-38-25/h4-15,23-24,30-35,37,39-41H,16-18H2,1-3H3/t23-,24-,30+,31+,32-,33+,34-,35-,37-/m1/s1. The minimum atomic E-state index is -1.65. The molecule has 4 aromatic rings. The van der Waals surface area contributed by atoms with Gasteiger partial charge in [0.1, 0.15) is 36.7 Å². The molecule has 3 N–H and O–H groups in total. The van der Waals surface area contributed by atoms with Gasteiger partial charge in [-0.25, -0.2) is 9.78 Å². The first-order chi connectivity index (χ1) is 24.3. The molecule has 3 saturated heterocycles. The Morgan fingerprint density at radius 3 is 1.98 bits per heavy atom. The summed E-state index contributed by atoms with van der Waals surface area (Å²) < 4.78 is 46.3. The number of pyridine rings is 1. The lowest BCUT2D eigenvalue weighted by Gasteiger charge is -2.40. The molecule has 1 aromatic heterocycles. The zero-order chi connectivity index (χ0) is 34.9. The molecule has 3 aromatic carbocycles. The van der Waals surface area contributed by atoms with Crippen LogP contribution >= 0.6 is 0 Å². The van der Waals surface area contributed by atoms with Gasteiger partial charge >= 0.3 is 5.97 Å². The average molecular weight is 690 g/mol. The Kier molecular flexibility index (Phi) is 9.78. The van der Waals surface area contributed by atoms with Gasteiger partial charge in [-0.15, -0.1) is 0 Å². The Labute approximate surface area is 288 Å². The van der Waals surface area contributed by atoms with Crippen molar-refractivity contribution in [1.82, 2.24) is 4.98 Å². The van der Waals surface area contributed by atoms with Crippen LogP contribution in [0.2, 0.25) is 0 Å². The summed E-state index contributed by atoms with van der Waals surface area (Å²) in [4.78, 5) is 16.9. The number of carbonyl (C=O) groups is 1. The molecule has 0 unspecified atom stereocenters. The third-order valence-electron chi connectivity index (χ3n) is 9.65. The first-order valence-corrected chi connectivity index (χ1v) is 16.3. The van der Waals surface area contributed by atoms with E-state index in [1.54, 1.807) is 38.6 Å². The van der Waals surface area contributed by atoms with Gasteiger partial charge in [0.15, 0.2) is 23.0 Å². The lowest BCUT2D eigenvalue weighted by Crippen LogP contribution is -2.60. The van der Waals surface area contributed by atoms with E-state index in [-0.39, 0.29) is 35.5 Å². The Morgan fingerprint density at radius 1 is 0.740 bits per heavy atom. The predicted molar refractivity (Wildman–Crippen MR) is 176 cm³/mol. The van der Waals surface area contributed by atoms with Crippen molar-refractivity contribution >= 4 is 16.7 Å². The van der Waals surface area contributed by atoms with E-state index >= 15 is 0 Å². The molecule has 0 radical (unpaired) electrons. The Balaban J connectivity index is 1.01. The number of aromatic nitrogens is 1. The number of benzene rings is 3. The van der Waals surface area contributed by atoms with Crippen molar-refractivity contribution in [3.05, 3.63) is 89.7 Å². The van der Waals surface area contributed by atoms with Crippen LogP contribution in [-0.2, 0) is 18.9 Å². The normalized spacial score (nSPS) is 29.0. The van der Waals surface area contributed by atoms with Crippen molar-refractivity contribution < 1.29 is 58.0 Å². The highest BCUT2D eigenvalue weighted by atomic mass is 16.7. The minimum absolute atomic E-state index is 0.0745. The van der Waals surface area contributed by atoms with Gasteiger partial charge in [-0.05, 0) is 46.8 Å². The van der Waals surface area contributed by atoms with Gasteiger partial charge in [0.05, 0.1) is 46.8 Å². The second kappa shape index (κ2) is 14.4. The van der Waals surface area contributed by atoms with E-state index in [0.29, 0.717) is 30.5 Å². The number of aliphatic hydroxyl groups excluding tert-OH is 3. The maximum Gasteiger partial charge on any atom is 0.357 e. The number of hydrogen-bond donors (Lipinski definition) is 3. The van der Waals surface area contributed by atoms with Crippen LogP contribution in [0.15, 0.2) is 72.9 Å². The van der Waals surface area contributed by atoms with Crippen molar-refractivity contribution in [2.75, 3.05) is 41.2 Å². The van der Waals surface area contributed by atoms with Gasteiger partial charge < -0.3 is 53.2 Å². The molecular weight excluding hydrogens is 650 g/mol. The third-order valence-corrected chi connectivity index (χ3v) is 9.65. The summed E-state index contributed by atoms with van der Waals surface area (Å²) in [6, 6.07) is 20.1. The fourth-order valence-corrected chi connectivity index (χ4v) is 6.93. The van der Waals surface area contributed by atoms with Crippen molar-refractivity contribution in [1.29, 1.82) is 0 Å². The molecule has 13 heteroatoms. The predicted octanol–water partition coefficient (Wildman–Crippen LogP) is 3.38. The van der Waals surface area contributed by atoms with Gasteiger partial charge in [-0.1, -0.05) is 36.4 Å². The van der Waals surface area contributed by atoms with E-state index in [9.17, 15) is 20.1 Å². The zero-order valence-corrected chi connectivity index (χ0v) is 27.7. The van der Waals surface area contributed by atoms with E-state index in [1.807, 2.05) is 48.5 Å². The largest absolute Gasteiger partial charge is 0.493 e. The highest BCUT2D eigenvalue weighted by Gasteiger charge is 2.49. The molecule has 50 heavy (non-hydrogen) atoms. The molecule has 4 heterocycles. The summed E-state index contributed by atoms with van der Waals surface area (Å²) in [5.41, 5.74) is 1.91. The lowest BCUT2D eigenvalue weighted by molar-refractivity contribution is -0.277. The number of esters is 1. The van der Waals surface area contributed by atoms with Crippen LogP contribution in [0.1, 0.15) is 33.8 Å². The van der Waals surface area contributed by atoms with Crippen LogP contribution in [0.5, 0.6) is 23.0 Å². The molecule has 0 aliphatic carbocycles. The third kappa shape index (κ3) is 6.43. The molecule has 13 nitrogen and oxygen atoms in total. The topological polar surface area (TPSA) is 164 Å². The molecule has 0 saturated carbocycles. The molecule has 0 spiro atoms. The zero-order valence-electron chi connectivity index (χ0n) is 27.7. The fraction of sp³-hybridized carbons (Fsp3) is 0.405. The highest BCUT2D eigenvalue weighted by molar-refractivity contribution is 5.93. The number of hydrogen-bond acceptors (Lipinski definition) is 13. The number of methoxy groups -OCH3 is 3. The van der Waals surface area contributed by atoms with E-state index in [4.69, 9.17) is 37.9 Å². The van der Waals surface area contributed by atoms with Crippen LogP contribution in [-0.4, -0.2) is 98.1 Å². The van der Waals surface area contributed by atoms with Gasteiger partial charge in [0.25, 0.3) is 0 Å². The second-order valence-corrected chi connectivity index (χ2v) is 12.5. The maximum atomic E-state index is 12.8. The van der Waals surface area contributed by atoms with Crippen LogP contribution in [0, 0.1) is 11.8 Å². The Hall–Kier alpha value is -4.50. The summed E-state index contributed by atoms with van der Waals surface area (Å²) in [5, 5.41) is 33.7. The molecule has 3 fully saturated rings. The monoisotopic (exact) mass is 689 g/mol. The number of carbonyl (C=O) groups excluding carboxylic acids is 1. The number of fused-ring (bicyclic) bond motifs is 2. The first kappa shape index (κ1) is 34.0. The van der Waals surface area contributed by atoms with Crippen LogP contribution in [0.25, 0.3) is 10.8 Å². The molecule has 0 bridgehead atoms. The fourth-order valence-electron chi connectivity index (χ4n) is 6.93. The van der Waals surface area contributed by atoms with Gasteiger partial charge in [-0.2, -0.15) is 0 Å². The van der Waals surface area contributed by atoms with Crippen molar-refractivity contribution in [2.24, 2.45) is 11.8 Å². The molecule has 0 amide bonds. The molecule has 7 rings (SSSR count). The summed E-state index contributed by atoms with van der Waals surface area (Å²) in [5.74, 6) is 1.30. The molecule has 3 aliphatic heterocycles. The van der Waals surface area contributed by atoms with E-state index in [1.165, 1.54) is 7.11 Å². The number of aliphatic hydroxyl groups is 3.